The molecule has 0 bridgehead atoms. The van der Waals surface area contributed by atoms with E-state index in [0.29, 0.717) is 12.8 Å². The van der Waals surface area contributed by atoms with E-state index in [9.17, 15) is 4.79 Å². The van der Waals surface area contributed by atoms with Gasteiger partial charge in [-0.25, -0.2) is 0 Å². The van der Waals surface area contributed by atoms with Crippen molar-refractivity contribution in [1.29, 1.82) is 0 Å². The molecule has 0 spiro atoms. The molecule has 0 saturated heterocycles. The molecule has 0 saturated carbocycles. The summed E-state index contributed by atoms with van der Waals surface area (Å²) in [5.74, 6) is 1.66. The van der Waals surface area contributed by atoms with Crippen LogP contribution in [0.25, 0.3) is 22.3 Å². The normalized spacial score (nSPS) is 10.6. The molecule has 0 aliphatic heterocycles. The molecule has 0 aromatic heterocycles. The Balaban J connectivity index is 2.00. The second-order valence-corrected chi connectivity index (χ2v) is 7.20. The second kappa shape index (κ2) is 9.00. The minimum atomic E-state index is -0.305. The second-order valence-electron chi connectivity index (χ2n) is 7.20. The van der Waals surface area contributed by atoms with Gasteiger partial charge in [-0.1, -0.05) is 30.3 Å². The van der Waals surface area contributed by atoms with Crippen molar-refractivity contribution >= 4 is 13.5 Å². The first kappa shape index (κ1) is 20.7. The van der Waals surface area contributed by atoms with Gasteiger partial charge in [-0.05, 0) is 89.9 Å². The zero-order valence-electron chi connectivity index (χ0n) is 17.4. The van der Waals surface area contributed by atoms with Crippen molar-refractivity contribution in [3.63, 3.8) is 0 Å². The zero-order chi connectivity index (χ0) is 21.0. The fourth-order valence-corrected chi connectivity index (χ4v) is 3.64. The average molecular weight is 384 g/mol. The van der Waals surface area contributed by atoms with E-state index in [1.807, 2.05) is 24.3 Å². The van der Waals surface area contributed by atoms with E-state index in [1.165, 1.54) is 11.1 Å². The van der Waals surface area contributed by atoms with Gasteiger partial charge in [0.25, 0.3) is 0 Å². The van der Waals surface area contributed by atoms with Crippen LogP contribution in [0.1, 0.15) is 23.1 Å². The largest absolute Gasteiger partial charge is 0.497 e. The number of benzene rings is 3. The van der Waals surface area contributed by atoms with Crippen LogP contribution in [-0.4, -0.2) is 27.7 Å². The van der Waals surface area contributed by atoms with Gasteiger partial charge >= 0.3 is 0 Å². The Kier molecular flexibility index (Phi) is 6.43. The maximum absolute atomic E-state index is 11.3. The van der Waals surface area contributed by atoms with Crippen molar-refractivity contribution in [2.45, 2.75) is 26.7 Å². The lowest BCUT2D eigenvalue weighted by Crippen LogP contribution is -2.00. The van der Waals surface area contributed by atoms with Crippen LogP contribution in [0.5, 0.6) is 11.5 Å². The van der Waals surface area contributed by atoms with Crippen molar-refractivity contribution in [3.05, 3.63) is 71.3 Å². The molecule has 0 aliphatic rings. The van der Waals surface area contributed by atoms with Crippen molar-refractivity contribution in [2.24, 2.45) is 0 Å². The quantitative estimate of drug-likeness (QED) is 0.520. The molecule has 0 aliphatic carbocycles. The highest BCUT2D eigenvalue weighted by molar-refractivity contribution is 6.57. The molecule has 0 atom stereocenters. The third-order valence-electron chi connectivity index (χ3n) is 5.20. The lowest BCUT2D eigenvalue weighted by atomic mass is 9.89. The van der Waals surface area contributed by atoms with Gasteiger partial charge in [-0.3, -0.25) is 0 Å². The van der Waals surface area contributed by atoms with Gasteiger partial charge in [-0.2, -0.15) is 0 Å². The maximum Gasteiger partial charge on any atom is 0.167 e. The topological polar surface area (TPSA) is 35.5 Å². The Bertz CT molecular complexity index is 1040. The maximum atomic E-state index is 11.3. The first-order valence-corrected chi connectivity index (χ1v) is 9.64. The van der Waals surface area contributed by atoms with E-state index in [2.05, 4.69) is 44.2 Å². The summed E-state index contributed by atoms with van der Waals surface area (Å²) < 4.78 is 10.7. The molecular formula is C25H25BO3. The van der Waals surface area contributed by atoms with Crippen LogP contribution in [-0.2, 0) is 11.2 Å². The molecule has 3 rings (SSSR count). The van der Waals surface area contributed by atoms with Gasteiger partial charge < -0.3 is 14.3 Å². The number of aryl methyl sites for hydroxylation is 3. The predicted octanol–water partition coefficient (Wildman–Crippen LogP) is 5.28. The van der Waals surface area contributed by atoms with Gasteiger partial charge in [0.1, 0.15) is 11.5 Å². The van der Waals surface area contributed by atoms with E-state index < -0.39 is 0 Å². The Labute approximate surface area is 174 Å². The van der Waals surface area contributed by atoms with Crippen molar-refractivity contribution in [1.82, 2.24) is 0 Å². The Hall–Kier alpha value is -3.01. The highest BCUT2D eigenvalue weighted by Gasteiger charge is 2.11. The highest BCUT2D eigenvalue weighted by Crippen LogP contribution is 2.33. The summed E-state index contributed by atoms with van der Waals surface area (Å²) in [5.41, 5.74) is 7.59. The number of carbonyl (C=O) groups is 1. The first-order chi connectivity index (χ1) is 13.9. The predicted molar refractivity (Wildman–Crippen MR) is 119 cm³/mol. The third kappa shape index (κ3) is 4.71. The summed E-state index contributed by atoms with van der Waals surface area (Å²) in [7, 11) is 8.69. The van der Waals surface area contributed by atoms with E-state index in [1.54, 1.807) is 14.2 Å². The molecule has 146 valence electrons. The summed E-state index contributed by atoms with van der Waals surface area (Å²) in [6, 6.07) is 18.7. The van der Waals surface area contributed by atoms with Crippen LogP contribution in [0.3, 0.4) is 0 Å². The molecule has 0 amide bonds. The fourth-order valence-electron chi connectivity index (χ4n) is 3.64. The molecule has 3 nitrogen and oxygen atoms in total. The summed E-state index contributed by atoms with van der Waals surface area (Å²) in [6.07, 6.45) is 0.892. The monoisotopic (exact) mass is 384 g/mol. The van der Waals surface area contributed by atoms with Crippen LogP contribution in [0.4, 0.5) is 0 Å². The van der Waals surface area contributed by atoms with E-state index >= 15 is 0 Å². The smallest absolute Gasteiger partial charge is 0.167 e. The first-order valence-electron chi connectivity index (χ1n) is 9.64. The Morgan fingerprint density at radius 1 is 0.828 bits per heavy atom. The molecule has 3 aromatic rings. The van der Waals surface area contributed by atoms with Gasteiger partial charge in [0, 0.05) is 0 Å². The summed E-state index contributed by atoms with van der Waals surface area (Å²) in [5, 5.41) is 0. The van der Waals surface area contributed by atoms with Gasteiger partial charge in [0.2, 0.25) is 0 Å². The number of hydrogen-bond donors (Lipinski definition) is 0. The number of hydrogen-bond acceptors (Lipinski definition) is 3. The summed E-state index contributed by atoms with van der Waals surface area (Å²) in [6.45, 7) is 4.17. The van der Waals surface area contributed by atoms with Gasteiger partial charge in [0.05, 0.1) is 19.9 Å². The number of methoxy groups -OCH3 is 2. The van der Waals surface area contributed by atoms with E-state index in [4.69, 9.17) is 17.3 Å². The Morgan fingerprint density at radius 2 is 1.48 bits per heavy atom. The van der Waals surface area contributed by atoms with Crippen LogP contribution in [0.15, 0.2) is 54.6 Å². The number of carbonyl (C=O) groups excluding carboxylic acids is 1. The fraction of sp³-hybridized carbons (Fsp3) is 0.240. The summed E-state index contributed by atoms with van der Waals surface area (Å²) >= 11 is 0. The lowest BCUT2D eigenvalue weighted by Gasteiger charge is -2.15. The molecule has 0 unspecified atom stereocenters. The van der Waals surface area contributed by atoms with Crippen molar-refractivity contribution in [3.8, 4) is 33.8 Å². The molecule has 3 aromatic carbocycles. The number of ether oxygens (including phenoxy) is 2. The van der Waals surface area contributed by atoms with E-state index in [-0.39, 0.29) is 5.68 Å². The van der Waals surface area contributed by atoms with Crippen LogP contribution in [0, 0.1) is 13.8 Å². The standard InChI is InChI=1S/C25H25BO3/c1-16-13-19(5-9-22(16)18-6-11-24(29-4)17(2)14-18)23-10-8-21(28-3)15-20(23)7-12-25(26)27/h5-6,8-11,13-15H,7,12H2,1-4H3. The zero-order valence-corrected chi connectivity index (χ0v) is 17.4. The SMILES string of the molecule is [B]C(=O)CCc1cc(OC)ccc1-c1ccc(-c2ccc(OC)c(C)c2)c(C)c1. The molecule has 0 heterocycles. The van der Waals surface area contributed by atoms with Crippen molar-refractivity contribution < 1.29 is 14.3 Å². The van der Waals surface area contributed by atoms with Gasteiger partial charge in [-0.15, -0.1) is 0 Å². The minimum Gasteiger partial charge on any atom is -0.497 e. The van der Waals surface area contributed by atoms with E-state index in [0.717, 1.165) is 39.3 Å². The molecule has 4 heteroatoms. The number of rotatable bonds is 7. The highest BCUT2D eigenvalue weighted by atomic mass is 16.5. The van der Waals surface area contributed by atoms with Crippen LogP contribution < -0.4 is 9.47 Å². The van der Waals surface area contributed by atoms with Crippen molar-refractivity contribution in [2.75, 3.05) is 14.2 Å². The van der Waals surface area contributed by atoms with Crippen LogP contribution >= 0.6 is 0 Å². The molecule has 29 heavy (non-hydrogen) atoms. The van der Waals surface area contributed by atoms with Gasteiger partial charge in [0.15, 0.2) is 7.85 Å². The average Bonchev–Trinajstić information content (AvgIpc) is 2.71. The minimum absolute atomic E-state index is 0.305. The molecule has 0 N–H and O–H groups in total. The third-order valence-corrected chi connectivity index (χ3v) is 5.20. The van der Waals surface area contributed by atoms with Crippen LogP contribution in [0.2, 0.25) is 0 Å². The molecular weight excluding hydrogens is 359 g/mol. The Morgan fingerprint density at radius 3 is 2.10 bits per heavy atom. The molecule has 2 radical (unpaired) electrons. The lowest BCUT2D eigenvalue weighted by molar-refractivity contribution is -0.111. The molecule has 0 fully saturated rings. The summed E-state index contributed by atoms with van der Waals surface area (Å²) in [4.78, 5) is 11.3.